The Balaban J connectivity index is 1.49. The Bertz CT molecular complexity index is 819. The van der Waals surface area contributed by atoms with Crippen LogP contribution in [0.1, 0.15) is 48.9 Å². The normalized spacial score (nSPS) is 22.7. The van der Waals surface area contributed by atoms with Crippen LogP contribution in [0.15, 0.2) is 24.4 Å². The van der Waals surface area contributed by atoms with Crippen molar-refractivity contribution >= 4 is 28.3 Å². The molecule has 140 valence electrons. The third-order valence-electron chi connectivity index (χ3n) is 5.57. The summed E-state index contributed by atoms with van der Waals surface area (Å²) >= 11 is 6.37. The molecule has 0 radical (unpaired) electrons. The van der Waals surface area contributed by atoms with Gasteiger partial charge in [-0.2, -0.15) is 0 Å². The number of aromatic nitrogens is 1. The predicted octanol–water partition coefficient (Wildman–Crippen LogP) is 5.48. The molecule has 1 aromatic carbocycles. The van der Waals surface area contributed by atoms with Crippen molar-refractivity contribution in [2.24, 2.45) is 5.92 Å². The van der Waals surface area contributed by atoms with Crippen molar-refractivity contribution in [3.05, 3.63) is 35.0 Å². The van der Waals surface area contributed by atoms with Gasteiger partial charge in [0.1, 0.15) is 0 Å². The molecule has 2 aliphatic rings. The Kier molecular flexibility index (Phi) is 4.78. The molecule has 1 aliphatic heterocycles. The molecule has 2 aromatic rings. The highest BCUT2D eigenvalue weighted by Crippen LogP contribution is 2.38. The summed E-state index contributed by atoms with van der Waals surface area (Å²) in [4.78, 5) is 12.8. The molecule has 1 aromatic heterocycles. The molecule has 0 amide bonds. The molecule has 1 saturated carbocycles. The van der Waals surface area contributed by atoms with Gasteiger partial charge in [-0.1, -0.05) is 17.7 Å². The summed E-state index contributed by atoms with van der Waals surface area (Å²) in [5, 5.41) is 1.36. The van der Waals surface area contributed by atoms with Crippen LogP contribution in [-0.4, -0.2) is 29.0 Å². The zero-order valence-electron chi connectivity index (χ0n) is 14.5. The van der Waals surface area contributed by atoms with Crippen molar-refractivity contribution < 1.29 is 18.3 Å². The number of fused-ring (bicyclic) bond motifs is 1. The summed E-state index contributed by atoms with van der Waals surface area (Å²) in [6.45, 7) is 1.46. The molecular weight excluding hydrogens is 360 g/mol. The molecule has 2 heterocycles. The number of nitrogens with zero attached hydrogens (tertiary/aromatic N) is 1. The molecule has 0 N–H and O–H groups in total. The average Bonchev–Trinajstić information content (AvgIpc) is 3.34. The van der Waals surface area contributed by atoms with E-state index in [1.807, 2.05) is 22.9 Å². The van der Waals surface area contributed by atoms with Gasteiger partial charge in [0.2, 0.25) is 5.92 Å². The van der Waals surface area contributed by atoms with Gasteiger partial charge in [0.05, 0.1) is 29.8 Å². The Labute approximate surface area is 156 Å². The second kappa shape index (κ2) is 6.93. The Morgan fingerprint density at radius 3 is 2.73 bits per heavy atom. The van der Waals surface area contributed by atoms with Crippen molar-refractivity contribution in [2.75, 3.05) is 6.61 Å². The first-order chi connectivity index (χ1) is 12.4. The number of halogens is 3. The molecule has 1 saturated heterocycles. The molecule has 1 aliphatic carbocycles. The number of rotatable bonds is 6. The van der Waals surface area contributed by atoms with Crippen molar-refractivity contribution in [2.45, 2.75) is 57.1 Å². The van der Waals surface area contributed by atoms with Gasteiger partial charge in [-0.05, 0) is 37.3 Å². The van der Waals surface area contributed by atoms with E-state index in [9.17, 15) is 13.6 Å². The number of carbonyl (C=O) groups is 1. The summed E-state index contributed by atoms with van der Waals surface area (Å²) in [7, 11) is 0. The zero-order valence-corrected chi connectivity index (χ0v) is 15.3. The highest BCUT2D eigenvalue weighted by molar-refractivity contribution is 6.37. The molecule has 4 rings (SSSR count). The molecule has 0 spiro atoms. The maximum Gasteiger partial charge on any atom is 0.248 e. The van der Waals surface area contributed by atoms with E-state index in [2.05, 4.69) is 0 Å². The Morgan fingerprint density at radius 1 is 1.31 bits per heavy atom. The summed E-state index contributed by atoms with van der Waals surface area (Å²) < 4.78 is 33.9. The minimum Gasteiger partial charge on any atom is -0.371 e. The Hall–Kier alpha value is -1.46. The first-order valence-electron chi connectivity index (χ1n) is 9.23. The number of epoxide rings is 1. The van der Waals surface area contributed by atoms with Gasteiger partial charge in [-0.3, -0.25) is 4.79 Å². The predicted molar refractivity (Wildman–Crippen MR) is 97.2 cm³/mol. The average molecular weight is 382 g/mol. The number of Topliss-reactive ketones (excluding diaryl/α,β-unsaturated/α-hetero) is 1. The van der Waals surface area contributed by atoms with E-state index in [4.69, 9.17) is 16.3 Å². The van der Waals surface area contributed by atoms with Gasteiger partial charge in [0.25, 0.3) is 0 Å². The molecule has 1 atom stereocenters. The number of benzene rings is 1. The topological polar surface area (TPSA) is 34.5 Å². The second-order valence-electron chi connectivity index (χ2n) is 7.55. The standard InChI is InChI=1S/C20H22ClF2NO2/c21-16-2-1-3-17-19(16)15(11-24(17)10-14-12-26-14)18(25)5-4-13-6-8-20(22,23)9-7-13/h1-3,11,13-14H,4-10,12H2/t14-/m0/s1. The van der Waals surface area contributed by atoms with E-state index in [0.29, 0.717) is 42.8 Å². The van der Waals surface area contributed by atoms with Gasteiger partial charge in [-0.25, -0.2) is 8.78 Å². The molecule has 0 bridgehead atoms. The summed E-state index contributed by atoms with van der Waals surface area (Å²) in [5.74, 6) is -2.27. The van der Waals surface area contributed by atoms with Crippen LogP contribution in [0.2, 0.25) is 5.02 Å². The van der Waals surface area contributed by atoms with Gasteiger partial charge >= 0.3 is 0 Å². The second-order valence-corrected chi connectivity index (χ2v) is 7.95. The van der Waals surface area contributed by atoms with Crippen LogP contribution in [0.25, 0.3) is 10.9 Å². The summed E-state index contributed by atoms with van der Waals surface area (Å²) in [5.41, 5.74) is 1.57. The maximum absolute atomic E-state index is 13.3. The van der Waals surface area contributed by atoms with E-state index < -0.39 is 5.92 Å². The third kappa shape index (κ3) is 3.79. The van der Waals surface area contributed by atoms with E-state index in [1.165, 1.54) is 0 Å². The van der Waals surface area contributed by atoms with Gasteiger partial charge in [0, 0.05) is 36.4 Å². The number of hydrogen-bond donors (Lipinski definition) is 0. The monoisotopic (exact) mass is 381 g/mol. The van der Waals surface area contributed by atoms with E-state index in [-0.39, 0.29) is 30.6 Å². The SMILES string of the molecule is O=C(CCC1CCC(F)(F)CC1)c1cn(C[C@H]2CO2)c2cccc(Cl)c12. The Morgan fingerprint density at radius 2 is 2.04 bits per heavy atom. The molecule has 26 heavy (non-hydrogen) atoms. The van der Waals surface area contributed by atoms with Gasteiger partial charge < -0.3 is 9.30 Å². The fraction of sp³-hybridized carbons (Fsp3) is 0.550. The van der Waals surface area contributed by atoms with E-state index in [0.717, 1.165) is 17.5 Å². The third-order valence-corrected chi connectivity index (χ3v) is 5.89. The van der Waals surface area contributed by atoms with E-state index in [1.54, 1.807) is 6.07 Å². The molecule has 6 heteroatoms. The minimum absolute atomic E-state index is 0.0379. The quantitative estimate of drug-likeness (QED) is 0.490. The van der Waals surface area contributed by atoms with Gasteiger partial charge in [-0.15, -0.1) is 0 Å². The lowest BCUT2D eigenvalue weighted by Crippen LogP contribution is -2.24. The van der Waals surface area contributed by atoms with E-state index >= 15 is 0 Å². The van der Waals surface area contributed by atoms with Crippen molar-refractivity contribution in [1.29, 1.82) is 0 Å². The van der Waals surface area contributed by atoms with Crippen LogP contribution in [-0.2, 0) is 11.3 Å². The highest BCUT2D eigenvalue weighted by atomic mass is 35.5. The lowest BCUT2D eigenvalue weighted by molar-refractivity contribution is -0.0464. The summed E-state index contributed by atoms with van der Waals surface area (Å²) in [6.07, 6.45) is 4.00. The highest BCUT2D eigenvalue weighted by Gasteiger charge is 2.35. The van der Waals surface area contributed by atoms with Crippen molar-refractivity contribution in [3.8, 4) is 0 Å². The number of alkyl halides is 2. The fourth-order valence-electron chi connectivity index (χ4n) is 3.92. The number of ketones is 1. The first-order valence-corrected chi connectivity index (χ1v) is 9.61. The molecular formula is C20H22ClF2NO2. The lowest BCUT2D eigenvalue weighted by Gasteiger charge is -2.27. The van der Waals surface area contributed by atoms with Crippen molar-refractivity contribution in [1.82, 2.24) is 4.57 Å². The summed E-state index contributed by atoms with van der Waals surface area (Å²) in [6, 6.07) is 5.64. The molecule has 2 fully saturated rings. The first kappa shape index (κ1) is 17.9. The molecule has 0 unspecified atom stereocenters. The van der Waals surface area contributed by atoms with Crippen LogP contribution < -0.4 is 0 Å². The van der Waals surface area contributed by atoms with Crippen LogP contribution in [0.3, 0.4) is 0 Å². The number of carbonyl (C=O) groups excluding carboxylic acids is 1. The van der Waals surface area contributed by atoms with Gasteiger partial charge in [0.15, 0.2) is 5.78 Å². The lowest BCUT2D eigenvalue weighted by atomic mass is 9.83. The van der Waals surface area contributed by atoms with Crippen LogP contribution >= 0.6 is 11.6 Å². The smallest absolute Gasteiger partial charge is 0.248 e. The van der Waals surface area contributed by atoms with Crippen LogP contribution in [0.4, 0.5) is 8.78 Å². The zero-order chi connectivity index (χ0) is 18.3. The van der Waals surface area contributed by atoms with Crippen LogP contribution in [0, 0.1) is 5.92 Å². The van der Waals surface area contributed by atoms with Crippen molar-refractivity contribution in [3.63, 3.8) is 0 Å². The number of hydrogen-bond acceptors (Lipinski definition) is 2. The largest absolute Gasteiger partial charge is 0.371 e. The minimum atomic E-state index is -2.52. The molecule has 3 nitrogen and oxygen atoms in total. The maximum atomic E-state index is 13.3. The fourth-order valence-corrected chi connectivity index (χ4v) is 4.19. The van der Waals surface area contributed by atoms with Crippen LogP contribution in [0.5, 0.6) is 0 Å². The number of ether oxygens (including phenoxy) is 1.